The standard InChI is InChI=1S/C18H19ClO3/c1-18(7-3-4-11(10-18)17(20)21)15-9-14(15)13-6-5-12(22-2)8-16(13)19/h3-8,14-15H,9-10H2,1-2H3,(H,20,21)/t14-,15?,18?/m1/s1. The Balaban J connectivity index is 1.79. The van der Waals surface area contributed by atoms with Crippen LogP contribution in [0.4, 0.5) is 0 Å². The number of carboxylic acids is 1. The number of ether oxygens (including phenoxy) is 1. The number of hydrogen-bond acceptors (Lipinski definition) is 2. The lowest BCUT2D eigenvalue weighted by atomic mass is 9.75. The number of carbonyl (C=O) groups is 1. The van der Waals surface area contributed by atoms with Crippen LogP contribution in [0.1, 0.15) is 31.2 Å². The Labute approximate surface area is 135 Å². The van der Waals surface area contributed by atoms with Gasteiger partial charge in [-0.1, -0.05) is 42.8 Å². The molecule has 1 aromatic carbocycles. The van der Waals surface area contributed by atoms with E-state index in [-0.39, 0.29) is 5.41 Å². The Hall–Kier alpha value is -1.74. The second-order valence-electron chi connectivity index (χ2n) is 6.37. The lowest BCUT2D eigenvalue weighted by Crippen LogP contribution is -2.22. The van der Waals surface area contributed by atoms with E-state index in [1.807, 2.05) is 24.3 Å². The van der Waals surface area contributed by atoms with Crippen molar-refractivity contribution in [1.82, 2.24) is 0 Å². The number of hydrogen-bond donors (Lipinski definition) is 1. The van der Waals surface area contributed by atoms with Crippen molar-refractivity contribution in [3.63, 3.8) is 0 Å². The van der Waals surface area contributed by atoms with Gasteiger partial charge in [-0.2, -0.15) is 0 Å². The van der Waals surface area contributed by atoms with Crippen LogP contribution in [-0.2, 0) is 4.79 Å². The fourth-order valence-electron chi connectivity index (χ4n) is 3.52. The zero-order valence-corrected chi connectivity index (χ0v) is 13.4. The van der Waals surface area contributed by atoms with Crippen LogP contribution in [0.15, 0.2) is 42.0 Å². The van der Waals surface area contributed by atoms with E-state index in [9.17, 15) is 9.90 Å². The van der Waals surface area contributed by atoms with E-state index < -0.39 is 5.97 Å². The summed E-state index contributed by atoms with van der Waals surface area (Å²) in [4.78, 5) is 11.2. The molecule has 0 saturated heterocycles. The number of rotatable bonds is 4. The molecule has 0 aliphatic heterocycles. The molecule has 0 spiro atoms. The molecule has 2 aliphatic carbocycles. The van der Waals surface area contributed by atoms with Crippen LogP contribution in [0.3, 0.4) is 0 Å². The molecule has 1 fully saturated rings. The fraction of sp³-hybridized carbons (Fsp3) is 0.389. The quantitative estimate of drug-likeness (QED) is 0.893. The Bertz CT molecular complexity index is 677. The molecule has 0 amide bonds. The third-order valence-electron chi connectivity index (χ3n) is 4.87. The first-order valence-corrected chi connectivity index (χ1v) is 7.77. The van der Waals surface area contributed by atoms with Gasteiger partial charge in [0.2, 0.25) is 0 Å². The Kier molecular flexibility index (Phi) is 3.77. The Morgan fingerprint density at radius 1 is 1.45 bits per heavy atom. The number of halogens is 1. The maximum absolute atomic E-state index is 11.2. The topological polar surface area (TPSA) is 46.5 Å². The predicted octanol–water partition coefficient (Wildman–Crippen LogP) is 4.43. The number of methoxy groups -OCH3 is 1. The molecule has 0 bridgehead atoms. The summed E-state index contributed by atoms with van der Waals surface area (Å²) in [5, 5.41) is 9.95. The summed E-state index contributed by atoms with van der Waals surface area (Å²) in [6, 6.07) is 5.79. The largest absolute Gasteiger partial charge is 0.497 e. The monoisotopic (exact) mass is 318 g/mol. The van der Waals surface area contributed by atoms with Crippen LogP contribution in [-0.4, -0.2) is 18.2 Å². The first-order valence-electron chi connectivity index (χ1n) is 7.40. The summed E-state index contributed by atoms with van der Waals surface area (Å²) in [5.74, 6) is 0.750. The second kappa shape index (κ2) is 5.47. The van der Waals surface area contributed by atoms with Gasteiger partial charge in [-0.3, -0.25) is 0 Å². The van der Waals surface area contributed by atoms with E-state index >= 15 is 0 Å². The average Bonchev–Trinajstić information content (AvgIpc) is 3.28. The van der Waals surface area contributed by atoms with Crippen LogP contribution >= 0.6 is 11.6 Å². The molecule has 1 N–H and O–H groups in total. The van der Waals surface area contributed by atoms with Gasteiger partial charge in [-0.25, -0.2) is 4.79 Å². The van der Waals surface area contributed by atoms with E-state index in [0.29, 0.717) is 23.8 Å². The molecular weight excluding hydrogens is 300 g/mol. The molecule has 3 rings (SSSR count). The second-order valence-corrected chi connectivity index (χ2v) is 6.78. The third-order valence-corrected chi connectivity index (χ3v) is 5.19. The minimum absolute atomic E-state index is 0.115. The average molecular weight is 319 g/mol. The highest BCUT2D eigenvalue weighted by Gasteiger charge is 2.50. The summed E-state index contributed by atoms with van der Waals surface area (Å²) in [6.07, 6.45) is 7.33. The number of benzene rings is 1. The van der Waals surface area contributed by atoms with Gasteiger partial charge in [-0.15, -0.1) is 0 Å². The van der Waals surface area contributed by atoms with Crippen LogP contribution in [0, 0.1) is 11.3 Å². The smallest absolute Gasteiger partial charge is 0.331 e. The van der Waals surface area contributed by atoms with Gasteiger partial charge in [0, 0.05) is 10.6 Å². The highest BCUT2D eigenvalue weighted by Crippen LogP contribution is 2.61. The highest BCUT2D eigenvalue weighted by molar-refractivity contribution is 6.31. The molecule has 1 saturated carbocycles. The van der Waals surface area contributed by atoms with Crippen molar-refractivity contribution >= 4 is 17.6 Å². The van der Waals surface area contributed by atoms with Gasteiger partial charge in [0.25, 0.3) is 0 Å². The van der Waals surface area contributed by atoms with E-state index in [2.05, 4.69) is 13.0 Å². The maximum atomic E-state index is 11.2. The number of carboxylic acid groups (broad SMARTS) is 1. The highest BCUT2D eigenvalue weighted by atomic mass is 35.5. The van der Waals surface area contributed by atoms with Gasteiger partial charge >= 0.3 is 5.97 Å². The summed E-state index contributed by atoms with van der Waals surface area (Å²) in [7, 11) is 1.62. The van der Waals surface area contributed by atoms with Crippen LogP contribution in [0.25, 0.3) is 0 Å². The van der Waals surface area contributed by atoms with Gasteiger partial charge in [-0.05, 0) is 47.8 Å². The number of aliphatic carboxylic acids is 1. The normalized spacial score (nSPS) is 29.9. The zero-order chi connectivity index (χ0) is 15.9. The molecule has 0 heterocycles. The molecule has 4 heteroatoms. The molecule has 1 aromatic rings. The summed E-state index contributed by atoms with van der Waals surface area (Å²) >= 11 is 6.37. The van der Waals surface area contributed by atoms with Crippen molar-refractivity contribution in [2.24, 2.45) is 11.3 Å². The van der Waals surface area contributed by atoms with Gasteiger partial charge < -0.3 is 9.84 Å². The van der Waals surface area contributed by atoms with E-state index in [1.54, 1.807) is 13.2 Å². The van der Waals surface area contributed by atoms with Crippen LogP contribution in [0.5, 0.6) is 5.75 Å². The van der Waals surface area contributed by atoms with Crippen molar-refractivity contribution < 1.29 is 14.6 Å². The van der Waals surface area contributed by atoms with Gasteiger partial charge in [0.1, 0.15) is 5.75 Å². The van der Waals surface area contributed by atoms with Gasteiger partial charge in [0.05, 0.1) is 7.11 Å². The zero-order valence-electron chi connectivity index (χ0n) is 12.7. The lowest BCUT2D eigenvalue weighted by molar-refractivity contribution is -0.133. The first kappa shape index (κ1) is 15.2. The molecule has 116 valence electrons. The number of allylic oxidation sites excluding steroid dienone is 3. The summed E-state index contributed by atoms with van der Waals surface area (Å²) in [6.45, 7) is 2.14. The molecule has 3 nitrogen and oxygen atoms in total. The van der Waals surface area contributed by atoms with Crippen LogP contribution in [0.2, 0.25) is 5.02 Å². The van der Waals surface area contributed by atoms with Crippen molar-refractivity contribution in [2.75, 3.05) is 7.11 Å². The van der Waals surface area contributed by atoms with E-state index in [4.69, 9.17) is 16.3 Å². The first-order chi connectivity index (χ1) is 10.4. The van der Waals surface area contributed by atoms with E-state index in [0.717, 1.165) is 22.8 Å². The molecule has 2 unspecified atom stereocenters. The summed E-state index contributed by atoms with van der Waals surface area (Å²) in [5.41, 5.74) is 1.50. The molecule has 0 aromatic heterocycles. The molecule has 3 atom stereocenters. The molecule has 0 radical (unpaired) electrons. The fourth-order valence-corrected chi connectivity index (χ4v) is 3.83. The molecule has 2 aliphatic rings. The lowest BCUT2D eigenvalue weighted by Gasteiger charge is -2.29. The van der Waals surface area contributed by atoms with Crippen molar-refractivity contribution in [3.8, 4) is 5.75 Å². The minimum Gasteiger partial charge on any atom is -0.497 e. The molecular formula is C18H19ClO3. The van der Waals surface area contributed by atoms with E-state index in [1.165, 1.54) is 0 Å². The SMILES string of the molecule is COc1ccc([C@H]2CC2C2(C)C=CC=C(C(=O)O)C2)c(Cl)c1. The molecule has 22 heavy (non-hydrogen) atoms. The predicted molar refractivity (Wildman–Crippen MR) is 86.4 cm³/mol. The van der Waals surface area contributed by atoms with Gasteiger partial charge in [0.15, 0.2) is 0 Å². The van der Waals surface area contributed by atoms with Crippen LogP contribution < -0.4 is 4.74 Å². The maximum Gasteiger partial charge on any atom is 0.331 e. The van der Waals surface area contributed by atoms with Crippen molar-refractivity contribution in [2.45, 2.75) is 25.7 Å². The minimum atomic E-state index is -0.824. The Morgan fingerprint density at radius 3 is 2.86 bits per heavy atom. The van der Waals surface area contributed by atoms with Crippen molar-refractivity contribution in [1.29, 1.82) is 0 Å². The van der Waals surface area contributed by atoms with Crippen molar-refractivity contribution in [3.05, 3.63) is 52.6 Å². The Morgan fingerprint density at radius 2 is 2.23 bits per heavy atom. The third kappa shape index (κ3) is 2.66. The summed E-state index contributed by atoms with van der Waals surface area (Å²) < 4.78 is 5.19.